The number of hydrogen-bond acceptors (Lipinski definition) is 7. The Morgan fingerprint density at radius 2 is 1.79 bits per heavy atom. The van der Waals surface area contributed by atoms with E-state index >= 15 is 0 Å². The molecule has 2 bridgehead atoms. The van der Waals surface area contributed by atoms with Crippen LogP contribution in [0.15, 0.2) is 61.1 Å². The highest BCUT2D eigenvalue weighted by atomic mass is 19.1. The van der Waals surface area contributed by atoms with Crippen molar-refractivity contribution in [3.63, 3.8) is 0 Å². The standard InChI is InChI=1S/C25H24FN7O/c1-31-17-11-18(31)15-32(14-17)22-7-4-8-23(30-22)33-13-16(12-28-33)20-9-10-27-25(29-20)24-19(26)5-3-6-21(24)34-2/h3-10,12-13,17-18H,11,14-15H2,1-2H3. The lowest BCUT2D eigenvalue weighted by atomic mass is 9.88. The number of pyridine rings is 1. The Hall–Kier alpha value is -3.85. The Kier molecular flexibility index (Phi) is 4.99. The van der Waals surface area contributed by atoms with Crippen molar-refractivity contribution in [1.29, 1.82) is 0 Å². The van der Waals surface area contributed by atoms with Gasteiger partial charge in [0.15, 0.2) is 11.6 Å². The van der Waals surface area contributed by atoms with Crippen LogP contribution >= 0.6 is 0 Å². The Labute approximate surface area is 196 Å². The molecule has 3 fully saturated rings. The third kappa shape index (κ3) is 3.49. The summed E-state index contributed by atoms with van der Waals surface area (Å²) in [6.45, 7) is 1.99. The molecule has 1 aromatic carbocycles. The van der Waals surface area contributed by atoms with Crippen LogP contribution in [-0.4, -0.2) is 69.0 Å². The van der Waals surface area contributed by atoms with Crippen molar-refractivity contribution in [3.05, 3.63) is 66.9 Å². The zero-order chi connectivity index (χ0) is 23.2. The van der Waals surface area contributed by atoms with E-state index in [0.29, 0.717) is 23.5 Å². The van der Waals surface area contributed by atoms with Crippen molar-refractivity contribution in [1.82, 2.24) is 29.6 Å². The predicted octanol–water partition coefficient (Wildman–Crippen LogP) is 3.43. The molecule has 34 heavy (non-hydrogen) atoms. The number of fused-ring (bicyclic) bond motifs is 2. The number of piperazine rings is 1. The van der Waals surface area contributed by atoms with Crippen molar-refractivity contribution in [2.75, 3.05) is 32.1 Å². The van der Waals surface area contributed by atoms with Crippen molar-refractivity contribution >= 4 is 5.82 Å². The van der Waals surface area contributed by atoms with Crippen LogP contribution in [0.4, 0.5) is 10.2 Å². The van der Waals surface area contributed by atoms with Gasteiger partial charge in [-0.1, -0.05) is 12.1 Å². The van der Waals surface area contributed by atoms with E-state index < -0.39 is 5.82 Å². The summed E-state index contributed by atoms with van der Waals surface area (Å²) in [7, 11) is 3.70. The second-order valence-electron chi connectivity index (χ2n) is 8.72. The number of aromatic nitrogens is 5. The fraction of sp³-hybridized carbons (Fsp3) is 0.280. The summed E-state index contributed by atoms with van der Waals surface area (Å²) in [6, 6.07) is 13.7. The summed E-state index contributed by atoms with van der Waals surface area (Å²) in [5, 5.41) is 4.51. The SMILES string of the molecule is COc1cccc(F)c1-c1nccc(-c2cnn(-c3cccc(N4CC5CC(C4)N5C)n3)c2)n1. The van der Waals surface area contributed by atoms with Crippen LogP contribution < -0.4 is 9.64 Å². The maximum absolute atomic E-state index is 14.5. The smallest absolute Gasteiger partial charge is 0.166 e. The van der Waals surface area contributed by atoms with Gasteiger partial charge in [0.05, 0.1) is 24.6 Å². The number of piperidine rings is 1. The van der Waals surface area contributed by atoms with Gasteiger partial charge in [-0.25, -0.2) is 24.0 Å². The first kappa shape index (κ1) is 20.7. The molecular formula is C25H24FN7O. The average Bonchev–Trinajstić information content (AvgIpc) is 3.39. The third-order valence-corrected chi connectivity index (χ3v) is 6.79. The molecule has 3 aliphatic heterocycles. The molecule has 0 aliphatic carbocycles. The molecule has 6 heterocycles. The highest BCUT2D eigenvalue weighted by Gasteiger charge is 2.42. The molecule has 0 amide bonds. The fourth-order valence-corrected chi connectivity index (χ4v) is 4.81. The first-order chi connectivity index (χ1) is 16.6. The maximum atomic E-state index is 14.5. The Morgan fingerprint density at radius 3 is 2.59 bits per heavy atom. The largest absolute Gasteiger partial charge is 0.496 e. The molecular weight excluding hydrogens is 433 g/mol. The quantitative estimate of drug-likeness (QED) is 0.455. The van der Waals surface area contributed by atoms with Gasteiger partial charge in [-0.3, -0.25) is 4.90 Å². The van der Waals surface area contributed by atoms with Gasteiger partial charge in [0.1, 0.15) is 17.4 Å². The molecule has 0 spiro atoms. The Bertz CT molecular complexity index is 1340. The normalized spacial score (nSPS) is 19.7. The van der Waals surface area contributed by atoms with Gasteiger partial charge in [0.25, 0.3) is 0 Å². The van der Waals surface area contributed by atoms with Crippen LogP contribution in [0.5, 0.6) is 5.75 Å². The van der Waals surface area contributed by atoms with Gasteiger partial charge in [-0.05, 0) is 43.8 Å². The summed E-state index contributed by atoms with van der Waals surface area (Å²) in [6.07, 6.45) is 6.48. The third-order valence-electron chi connectivity index (χ3n) is 6.79. The second-order valence-corrected chi connectivity index (χ2v) is 8.72. The second kappa shape index (κ2) is 8.18. The number of ether oxygens (including phenoxy) is 1. The van der Waals surface area contributed by atoms with E-state index in [-0.39, 0.29) is 11.4 Å². The average molecular weight is 458 g/mol. The molecule has 3 aliphatic rings. The van der Waals surface area contributed by atoms with E-state index in [2.05, 4.69) is 38.0 Å². The molecule has 172 valence electrons. The van der Waals surface area contributed by atoms with E-state index in [0.717, 1.165) is 30.3 Å². The molecule has 2 unspecified atom stereocenters. The lowest BCUT2D eigenvalue weighted by Gasteiger charge is -2.55. The minimum absolute atomic E-state index is 0.235. The van der Waals surface area contributed by atoms with E-state index in [4.69, 9.17) is 9.72 Å². The summed E-state index contributed by atoms with van der Waals surface area (Å²) in [4.78, 5) is 18.5. The van der Waals surface area contributed by atoms with Gasteiger partial charge >= 0.3 is 0 Å². The van der Waals surface area contributed by atoms with Crippen molar-refractivity contribution in [3.8, 4) is 34.2 Å². The monoisotopic (exact) mass is 457 g/mol. The van der Waals surface area contributed by atoms with Crippen LogP contribution in [0.25, 0.3) is 28.5 Å². The van der Waals surface area contributed by atoms with Crippen LogP contribution in [0.3, 0.4) is 0 Å². The van der Waals surface area contributed by atoms with E-state index in [9.17, 15) is 4.39 Å². The molecule has 3 aromatic heterocycles. The predicted molar refractivity (Wildman–Crippen MR) is 127 cm³/mol. The molecule has 2 atom stereocenters. The Balaban J connectivity index is 1.28. The number of likely N-dealkylation sites (N-methyl/N-ethyl adjacent to an activating group) is 1. The number of rotatable bonds is 5. The molecule has 0 N–H and O–H groups in total. The van der Waals surface area contributed by atoms with E-state index in [1.807, 2.05) is 18.3 Å². The molecule has 3 saturated heterocycles. The van der Waals surface area contributed by atoms with Crippen molar-refractivity contribution < 1.29 is 9.13 Å². The highest BCUT2D eigenvalue weighted by Crippen LogP contribution is 2.33. The molecule has 0 radical (unpaired) electrons. The van der Waals surface area contributed by atoms with Gasteiger partial charge in [-0.15, -0.1) is 0 Å². The highest BCUT2D eigenvalue weighted by molar-refractivity contribution is 5.68. The number of nitrogens with zero attached hydrogens (tertiary/aromatic N) is 7. The number of methoxy groups -OCH3 is 1. The molecule has 0 saturated carbocycles. The first-order valence-electron chi connectivity index (χ1n) is 11.3. The maximum Gasteiger partial charge on any atom is 0.166 e. The van der Waals surface area contributed by atoms with Gasteiger partial charge in [0, 0.05) is 43.1 Å². The van der Waals surface area contributed by atoms with Crippen LogP contribution in [0, 0.1) is 5.82 Å². The van der Waals surface area contributed by atoms with Crippen LogP contribution in [0.1, 0.15) is 6.42 Å². The number of anilines is 1. The van der Waals surface area contributed by atoms with Crippen LogP contribution in [0.2, 0.25) is 0 Å². The molecule has 9 heteroatoms. The molecule has 7 rings (SSSR count). The van der Waals surface area contributed by atoms with Crippen molar-refractivity contribution in [2.45, 2.75) is 18.5 Å². The topological polar surface area (TPSA) is 72.2 Å². The van der Waals surface area contributed by atoms with Gasteiger partial charge in [0.2, 0.25) is 0 Å². The summed E-state index contributed by atoms with van der Waals surface area (Å²) < 4.78 is 21.6. The van der Waals surface area contributed by atoms with Gasteiger partial charge < -0.3 is 9.64 Å². The lowest BCUT2D eigenvalue weighted by molar-refractivity contribution is 0.0261. The summed E-state index contributed by atoms with van der Waals surface area (Å²) in [5.74, 6) is 1.91. The number of benzene rings is 1. The number of hydrogen-bond donors (Lipinski definition) is 0. The van der Waals surface area contributed by atoms with Crippen molar-refractivity contribution in [2.24, 2.45) is 0 Å². The van der Waals surface area contributed by atoms with E-state index in [1.165, 1.54) is 19.6 Å². The summed E-state index contributed by atoms with van der Waals surface area (Å²) in [5.41, 5.74) is 1.66. The Morgan fingerprint density at radius 1 is 1.00 bits per heavy atom. The lowest BCUT2D eigenvalue weighted by Crippen LogP contribution is -2.67. The number of halogens is 1. The molecule has 8 nitrogen and oxygen atoms in total. The zero-order valence-corrected chi connectivity index (χ0v) is 19.0. The minimum atomic E-state index is -0.435. The first-order valence-corrected chi connectivity index (χ1v) is 11.3. The minimum Gasteiger partial charge on any atom is -0.496 e. The zero-order valence-electron chi connectivity index (χ0n) is 19.0. The van der Waals surface area contributed by atoms with Gasteiger partial charge in [-0.2, -0.15) is 5.10 Å². The van der Waals surface area contributed by atoms with Crippen LogP contribution in [-0.2, 0) is 0 Å². The summed E-state index contributed by atoms with van der Waals surface area (Å²) >= 11 is 0. The fourth-order valence-electron chi connectivity index (χ4n) is 4.81. The molecule has 4 aromatic rings. The van der Waals surface area contributed by atoms with E-state index in [1.54, 1.807) is 35.3 Å².